The number of nitrogens with one attached hydrogen (secondary N) is 1. The zero-order chi connectivity index (χ0) is 13.7. The molecule has 2 N–H and O–H groups in total. The fourth-order valence-electron chi connectivity index (χ4n) is 1.48. The molecule has 1 rings (SSSR count). The van der Waals surface area contributed by atoms with Gasteiger partial charge in [-0.2, -0.15) is 0 Å². The van der Waals surface area contributed by atoms with Crippen LogP contribution in [0.15, 0.2) is 18.2 Å². The zero-order valence-electron chi connectivity index (χ0n) is 9.71. The predicted molar refractivity (Wildman–Crippen MR) is 66.3 cm³/mol. The second-order valence-corrected chi connectivity index (χ2v) is 3.65. The highest BCUT2D eigenvalue weighted by Gasteiger charge is 2.19. The molecule has 0 radical (unpaired) electrons. The molecule has 0 fully saturated rings. The number of nitrogens with zero attached hydrogens (tertiary/aromatic N) is 1. The van der Waals surface area contributed by atoms with Crippen molar-refractivity contribution in [2.45, 2.75) is 19.4 Å². The molecule has 0 aliphatic rings. The third kappa shape index (κ3) is 2.98. The fourth-order valence-corrected chi connectivity index (χ4v) is 1.48. The molecule has 1 aromatic carbocycles. The lowest BCUT2D eigenvalue weighted by molar-refractivity contribution is -0.385. The summed E-state index contributed by atoms with van der Waals surface area (Å²) < 4.78 is 0. The molecule has 0 aliphatic carbocycles. The second kappa shape index (κ2) is 5.68. The van der Waals surface area contributed by atoms with Crippen molar-refractivity contribution >= 4 is 17.3 Å². The average molecular weight is 248 g/mol. The molecule has 0 heterocycles. The summed E-state index contributed by atoms with van der Waals surface area (Å²) in [6.07, 6.45) is 5.07. The van der Waals surface area contributed by atoms with E-state index in [2.05, 4.69) is 11.2 Å². The number of rotatable bonds is 5. The van der Waals surface area contributed by atoms with E-state index in [4.69, 9.17) is 11.5 Å². The number of anilines is 1. The fraction of sp³-hybridized carbons (Fsp3) is 0.250. The molecule has 6 nitrogen and oxygen atoms in total. The molecule has 0 aliphatic heterocycles. The van der Waals surface area contributed by atoms with E-state index in [9.17, 15) is 14.9 Å². The summed E-state index contributed by atoms with van der Waals surface area (Å²) in [6, 6.07) is 3.46. The zero-order valence-corrected chi connectivity index (χ0v) is 9.71. The number of aliphatic carboxylic acids is 1. The van der Waals surface area contributed by atoms with E-state index in [1.807, 2.05) is 0 Å². The molecule has 94 valence electrons. The SMILES string of the molecule is C#CCC(Nc1cccc([N+](=O)[O-])c1C)C(=O)O. The van der Waals surface area contributed by atoms with Gasteiger partial charge in [0.15, 0.2) is 0 Å². The van der Waals surface area contributed by atoms with Crippen LogP contribution >= 0.6 is 0 Å². The lowest BCUT2D eigenvalue weighted by Crippen LogP contribution is -2.29. The molecule has 1 unspecified atom stereocenters. The van der Waals surface area contributed by atoms with E-state index in [1.54, 1.807) is 13.0 Å². The van der Waals surface area contributed by atoms with E-state index in [0.29, 0.717) is 11.3 Å². The van der Waals surface area contributed by atoms with Crippen molar-refractivity contribution in [3.63, 3.8) is 0 Å². The van der Waals surface area contributed by atoms with Gasteiger partial charge in [-0.15, -0.1) is 12.3 Å². The van der Waals surface area contributed by atoms with Crippen LogP contribution < -0.4 is 5.32 Å². The van der Waals surface area contributed by atoms with Crippen LogP contribution in [-0.4, -0.2) is 22.0 Å². The van der Waals surface area contributed by atoms with Crippen molar-refractivity contribution in [2.75, 3.05) is 5.32 Å². The summed E-state index contributed by atoms with van der Waals surface area (Å²) in [7, 11) is 0. The quantitative estimate of drug-likeness (QED) is 0.471. The topological polar surface area (TPSA) is 92.5 Å². The number of hydrogen-bond acceptors (Lipinski definition) is 4. The summed E-state index contributed by atoms with van der Waals surface area (Å²) in [5.74, 6) is 1.15. The summed E-state index contributed by atoms with van der Waals surface area (Å²) in [5.41, 5.74) is 0.711. The van der Waals surface area contributed by atoms with Crippen molar-refractivity contribution in [3.8, 4) is 12.3 Å². The second-order valence-electron chi connectivity index (χ2n) is 3.65. The van der Waals surface area contributed by atoms with Gasteiger partial charge in [0.25, 0.3) is 5.69 Å². The van der Waals surface area contributed by atoms with Crippen LogP contribution in [-0.2, 0) is 4.79 Å². The Morgan fingerprint density at radius 3 is 2.83 bits per heavy atom. The number of carboxylic acids is 1. The Hall–Kier alpha value is -2.55. The van der Waals surface area contributed by atoms with Gasteiger partial charge in [-0.25, -0.2) is 4.79 Å². The molecule has 0 saturated heterocycles. The van der Waals surface area contributed by atoms with E-state index in [-0.39, 0.29) is 12.1 Å². The maximum Gasteiger partial charge on any atom is 0.327 e. The van der Waals surface area contributed by atoms with Crippen molar-refractivity contribution in [2.24, 2.45) is 0 Å². The van der Waals surface area contributed by atoms with Gasteiger partial charge in [-0.3, -0.25) is 10.1 Å². The molecular formula is C12H12N2O4. The normalized spacial score (nSPS) is 11.3. The van der Waals surface area contributed by atoms with Crippen LogP contribution in [0.4, 0.5) is 11.4 Å². The third-order valence-electron chi connectivity index (χ3n) is 2.45. The number of terminal acetylenes is 1. The Labute approximate surface area is 104 Å². The van der Waals surface area contributed by atoms with Crippen LogP contribution in [0.1, 0.15) is 12.0 Å². The smallest absolute Gasteiger partial charge is 0.327 e. The van der Waals surface area contributed by atoms with Gasteiger partial charge in [0.1, 0.15) is 6.04 Å². The van der Waals surface area contributed by atoms with E-state index in [1.165, 1.54) is 12.1 Å². The van der Waals surface area contributed by atoms with Crippen molar-refractivity contribution in [1.82, 2.24) is 0 Å². The summed E-state index contributed by atoms with van der Waals surface area (Å²) in [5, 5.41) is 22.4. The monoisotopic (exact) mass is 248 g/mol. The first-order valence-electron chi connectivity index (χ1n) is 5.14. The maximum absolute atomic E-state index is 10.9. The molecule has 0 aromatic heterocycles. The Morgan fingerprint density at radius 2 is 2.33 bits per heavy atom. The Morgan fingerprint density at radius 1 is 1.67 bits per heavy atom. The van der Waals surface area contributed by atoms with Gasteiger partial charge in [-0.1, -0.05) is 6.07 Å². The number of carbonyl (C=O) groups is 1. The first-order chi connectivity index (χ1) is 8.47. The lowest BCUT2D eigenvalue weighted by atomic mass is 10.1. The highest BCUT2D eigenvalue weighted by atomic mass is 16.6. The minimum atomic E-state index is -1.10. The Bertz CT molecular complexity index is 519. The summed E-state index contributed by atoms with van der Waals surface area (Å²) >= 11 is 0. The molecular weight excluding hydrogens is 236 g/mol. The molecule has 0 amide bonds. The molecule has 1 aromatic rings. The van der Waals surface area contributed by atoms with Gasteiger partial charge in [0.05, 0.1) is 4.92 Å². The minimum absolute atomic E-state index is 0.00251. The van der Waals surface area contributed by atoms with E-state index >= 15 is 0 Å². The Kier molecular flexibility index (Phi) is 4.27. The van der Waals surface area contributed by atoms with Crippen LogP contribution in [0.2, 0.25) is 0 Å². The van der Waals surface area contributed by atoms with Crippen LogP contribution in [0, 0.1) is 29.4 Å². The maximum atomic E-state index is 10.9. The van der Waals surface area contributed by atoms with Gasteiger partial charge in [-0.05, 0) is 13.0 Å². The summed E-state index contributed by atoms with van der Waals surface area (Å²) in [6.45, 7) is 1.55. The molecule has 0 bridgehead atoms. The van der Waals surface area contributed by atoms with E-state index < -0.39 is 16.9 Å². The molecule has 0 spiro atoms. The van der Waals surface area contributed by atoms with Crippen molar-refractivity contribution in [1.29, 1.82) is 0 Å². The number of nitro benzene ring substituents is 1. The third-order valence-corrected chi connectivity index (χ3v) is 2.45. The van der Waals surface area contributed by atoms with Crippen LogP contribution in [0.5, 0.6) is 0 Å². The molecule has 1 atom stereocenters. The first-order valence-corrected chi connectivity index (χ1v) is 5.14. The summed E-state index contributed by atoms with van der Waals surface area (Å²) in [4.78, 5) is 21.2. The highest BCUT2D eigenvalue weighted by molar-refractivity contribution is 5.78. The molecule has 0 saturated carbocycles. The average Bonchev–Trinajstić information content (AvgIpc) is 2.30. The first kappa shape index (κ1) is 13.5. The van der Waals surface area contributed by atoms with Gasteiger partial charge in [0.2, 0.25) is 0 Å². The van der Waals surface area contributed by atoms with Gasteiger partial charge >= 0.3 is 5.97 Å². The lowest BCUT2D eigenvalue weighted by Gasteiger charge is -2.15. The van der Waals surface area contributed by atoms with Gasteiger partial charge in [0, 0.05) is 23.7 Å². The van der Waals surface area contributed by atoms with Crippen molar-refractivity contribution in [3.05, 3.63) is 33.9 Å². The number of nitro groups is 1. The highest BCUT2D eigenvalue weighted by Crippen LogP contribution is 2.25. The van der Waals surface area contributed by atoms with Crippen LogP contribution in [0.25, 0.3) is 0 Å². The minimum Gasteiger partial charge on any atom is -0.480 e. The van der Waals surface area contributed by atoms with E-state index in [0.717, 1.165) is 0 Å². The number of hydrogen-bond donors (Lipinski definition) is 2. The van der Waals surface area contributed by atoms with Crippen molar-refractivity contribution < 1.29 is 14.8 Å². The van der Waals surface area contributed by atoms with Gasteiger partial charge < -0.3 is 10.4 Å². The van der Waals surface area contributed by atoms with Crippen LogP contribution in [0.3, 0.4) is 0 Å². The standard InChI is InChI=1S/C12H12N2O4/c1-3-5-10(12(15)16)13-9-6-4-7-11(8(9)2)14(17)18/h1,4,6-7,10,13H,5H2,2H3,(H,15,16). The molecule has 6 heteroatoms. The largest absolute Gasteiger partial charge is 0.480 e. The Balaban J connectivity index is 3.04. The number of carboxylic acid groups (broad SMARTS) is 1. The number of benzene rings is 1. The molecule has 18 heavy (non-hydrogen) atoms. The predicted octanol–water partition coefficient (Wildman–Crippen LogP) is 1.79.